The minimum atomic E-state index is -0.486. The SMILES string of the molecule is C/C=C(\CN1CC2(CC(CNC(=O)c3cc(F)cc(Cl)c3)C2)C1)N1C=CCC1. The second-order valence-electron chi connectivity index (χ2n) is 8.43. The number of nitrogens with zero attached hydrogens (tertiary/aromatic N) is 2. The summed E-state index contributed by atoms with van der Waals surface area (Å²) >= 11 is 5.83. The third-order valence-corrected chi connectivity index (χ3v) is 6.37. The van der Waals surface area contributed by atoms with Crippen LogP contribution in [0.1, 0.15) is 36.5 Å². The number of amides is 1. The molecule has 0 bridgehead atoms. The van der Waals surface area contributed by atoms with E-state index in [-0.39, 0.29) is 16.5 Å². The predicted octanol–water partition coefficient (Wildman–Crippen LogP) is 4.04. The normalized spacial score (nSPS) is 21.7. The van der Waals surface area contributed by atoms with E-state index in [0.717, 1.165) is 45.4 Å². The zero-order valence-corrected chi connectivity index (χ0v) is 17.0. The highest BCUT2D eigenvalue weighted by Crippen LogP contribution is 2.51. The molecule has 0 unspecified atom stereocenters. The number of allylic oxidation sites excluding steroid dienone is 1. The number of likely N-dealkylation sites (tertiary alicyclic amines) is 1. The van der Waals surface area contributed by atoms with E-state index in [2.05, 4.69) is 40.4 Å². The molecular formula is C22H27ClFN3O. The first-order valence-electron chi connectivity index (χ1n) is 10.0. The van der Waals surface area contributed by atoms with Gasteiger partial charge in [-0.3, -0.25) is 9.69 Å². The molecule has 3 aliphatic rings. The van der Waals surface area contributed by atoms with Gasteiger partial charge in [0.1, 0.15) is 5.82 Å². The third-order valence-electron chi connectivity index (χ3n) is 6.15. The molecule has 2 fully saturated rings. The van der Waals surface area contributed by atoms with Crippen LogP contribution in [0.5, 0.6) is 0 Å². The molecule has 0 atom stereocenters. The molecule has 2 aliphatic heterocycles. The number of rotatable bonds is 6. The van der Waals surface area contributed by atoms with Crippen LogP contribution in [0.15, 0.2) is 42.2 Å². The van der Waals surface area contributed by atoms with Crippen molar-refractivity contribution in [3.05, 3.63) is 58.7 Å². The molecule has 1 N–H and O–H groups in total. The summed E-state index contributed by atoms with van der Waals surface area (Å²) in [5.74, 6) is -0.230. The second-order valence-corrected chi connectivity index (χ2v) is 8.87. The van der Waals surface area contributed by atoms with Crippen molar-refractivity contribution in [3.8, 4) is 0 Å². The Morgan fingerprint density at radius 1 is 1.36 bits per heavy atom. The molecule has 1 saturated heterocycles. The van der Waals surface area contributed by atoms with Gasteiger partial charge in [-0.15, -0.1) is 0 Å². The minimum absolute atomic E-state index is 0.243. The summed E-state index contributed by atoms with van der Waals surface area (Å²) in [6.45, 7) is 7.16. The Hall–Kier alpha value is -1.85. The zero-order valence-electron chi connectivity index (χ0n) is 16.3. The van der Waals surface area contributed by atoms with Crippen molar-refractivity contribution in [2.75, 3.05) is 32.7 Å². The lowest BCUT2D eigenvalue weighted by Gasteiger charge is -2.59. The van der Waals surface area contributed by atoms with Crippen molar-refractivity contribution in [1.29, 1.82) is 0 Å². The average molecular weight is 404 g/mol. The van der Waals surface area contributed by atoms with Crippen molar-refractivity contribution < 1.29 is 9.18 Å². The Labute approximate surface area is 171 Å². The Morgan fingerprint density at radius 3 is 2.79 bits per heavy atom. The van der Waals surface area contributed by atoms with Gasteiger partial charge in [0, 0.05) is 49.0 Å². The fourth-order valence-electron chi connectivity index (χ4n) is 4.91. The van der Waals surface area contributed by atoms with Crippen molar-refractivity contribution in [1.82, 2.24) is 15.1 Å². The van der Waals surface area contributed by atoms with Gasteiger partial charge in [0.2, 0.25) is 0 Å². The van der Waals surface area contributed by atoms with Gasteiger partial charge in [-0.25, -0.2) is 4.39 Å². The van der Waals surface area contributed by atoms with Gasteiger partial charge in [-0.2, -0.15) is 0 Å². The van der Waals surface area contributed by atoms with Crippen molar-refractivity contribution in [3.63, 3.8) is 0 Å². The summed E-state index contributed by atoms with van der Waals surface area (Å²) in [7, 11) is 0. The molecule has 4 rings (SSSR count). The van der Waals surface area contributed by atoms with Crippen molar-refractivity contribution in [2.45, 2.75) is 26.2 Å². The van der Waals surface area contributed by atoms with Crippen LogP contribution in [0.25, 0.3) is 0 Å². The van der Waals surface area contributed by atoms with Crippen LogP contribution in [0, 0.1) is 17.2 Å². The van der Waals surface area contributed by atoms with E-state index in [1.165, 1.54) is 23.9 Å². The summed E-state index contributed by atoms with van der Waals surface area (Å²) in [6.07, 6.45) is 10.1. The molecule has 2 heterocycles. The minimum Gasteiger partial charge on any atom is -0.352 e. The Balaban J connectivity index is 1.18. The number of hydrogen-bond acceptors (Lipinski definition) is 3. The van der Waals surface area contributed by atoms with E-state index < -0.39 is 5.82 Å². The molecule has 4 nitrogen and oxygen atoms in total. The van der Waals surface area contributed by atoms with E-state index in [9.17, 15) is 9.18 Å². The number of carbonyl (C=O) groups is 1. The van der Waals surface area contributed by atoms with Crippen LogP contribution >= 0.6 is 11.6 Å². The quantitative estimate of drug-likeness (QED) is 0.778. The van der Waals surface area contributed by atoms with E-state index in [1.54, 1.807) is 0 Å². The van der Waals surface area contributed by atoms with Gasteiger partial charge in [0.15, 0.2) is 0 Å². The Morgan fingerprint density at radius 2 is 2.14 bits per heavy atom. The maximum absolute atomic E-state index is 13.4. The number of nitrogens with one attached hydrogen (secondary N) is 1. The molecule has 0 radical (unpaired) electrons. The summed E-state index contributed by atoms with van der Waals surface area (Å²) in [5, 5.41) is 3.17. The van der Waals surface area contributed by atoms with Crippen LogP contribution < -0.4 is 5.32 Å². The van der Waals surface area contributed by atoms with Gasteiger partial charge in [-0.1, -0.05) is 23.8 Å². The first kappa shape index (κ1) is 19.5. The van der Waals surface area contributed by atoms with E-state index in [1.807, 2.05) is 0 Å². The molecule has 1 aliphatic carbocycles. The molecule has 0 aromatic heterocycles. The maximum atomic E-state index is 13.4. The van der Waals surface area contributed by atoms with Crippen LogP contribution in [0.4, 0.5) is 4.39 Å². The topological polar surface area (TPSA) is 35.6 Å². The fraction of sp³-hybridized carbons (Fsp3) is 0.500. The summed E-state index contributed by atoms with van der Waals surface area (Å²) in [4.78, 5) is 17.1. The lowest BCUT2D eigenvalue weighted by Crippen LogP contribution is -2.63. The third kappa shape index (κ3) is 4.11. The summed E-state index contributed by atoms with van der Waals surface area (Å²) < 4.78 is 13.4. The molecule has 1 aromatic rings. The summed E-state index contributed by atoms with van der Waals surface area (Å²) in [6, 6.07) is 3.93. The molecular weight excluding hydrogens is 377 g/mol. The van der Waals surface area contributed by atoms with Gasteiger partial charge < -0.3 is 10.2 Å². The monoisotopic (exact) mass is 403 g/mol. The van der Waals surface area contributed by atoms with Crippen molar-refractivity contribution in [2.24, 2.45) is 11.3 Å². The lowest BCUT2D eigenvalue weighted by molar-refractivity contribution is -0.0898. The van der Waals surface area contributed by atoms with E-state index >= 15 is 0 Å². The van der Waals surface area contributed by atoms with Gasteiger partial charge in [-0.05, 0) is 61.9 Å². The molecule has 1 aromatic carbocycles. The number of benzene rings is 1. The molecule has 1 spiro atoms. The smallest absolute Gasteiger partial charge is 0.251 e. The first-order valence-corrected chi connectivity index (χ1v) is 10.4. The Bertz CT molecular complexity index is 788. The predicted molar refractivity (Wildman–Crippen MR) is 110 cm³/mol. The standard InChI is InChI=1S/C22H27ClFN3O/c1-2-20(27-5-3-4-6-27)13-26-14-22(15-26)10-16(11-22)12-25-21(28)17-7-18(23)9-19(24)8-17/h2-3,5,7-9,16H,4,6,10-15H2,1H3,(H,25,28)/b20-2+. The molecule has 28 heavy (non-hydrogen) atoms. The van der Waals surface area contributed by atoms with Crippen LogP contribution in [-0.4, -0.2) is 48.4 Å². The zero-order chi connectivity index (χ0) is 19.7. The largest absolute Gasteiger partial charge is 0.352 e. The lowest BCUT2D eigenvalue weighted by atomic mass is 9.57. The Kier molecular flexibility index (Phi) is 5.48. The second kappa shape index (κ2) is 7.88. The van der Waals surface area contributed by atoms with Crippen LogP contribution in [0.3, 0.4) is 0 Å². The van der Waals surface area contributed by atoms with Crippen LogP contribution in [0.2, 0.25) is 5.02 Å². The van der Waals surface area contributed by atoms with Gasteiger partial charge in [0.25, 0.3) is 5.91 Å². The molecule has 150 valence electrons. The average Bonchev–Trinajstić information content (AvgIpc) is 3.11. The summed E-state index contributed by atoms with van der Waals surface area (Å²) in [5.41, 5.74) is 2.11. The number of hydrogen-bond donors (Lipinski definition) is 1. The molecule has 1 saturated carbocycles. The van der Waals surface area contributed by atoms with E-state index in [0.29, 0.717) is 17.9 Å². The van der Waals surface area contributed by atoms with Gasteiger partial charge in [0.05, 0.1) is 0 Å². The van der Waals surface area contributed by atoms with Gasteiger partial charge >= 0.3 is 0 Å². The highest BCUT2D eigenvalue weighted by Gasteiger charge is 2.51. The first-order chi connectivity index (χ1) is 13.5. The highest BCUT2D eigenvalue weighted by atomic mass is 35.5. The maximum Gasteiger partial charge on any atom is 0.251 e. The number of carbonyl (C=O) groups excluding carboxylic acids is 1. The highest BCUT2D eigenvalue weighted by molar-refractivity contribution is 6.31. The fourth-order valence-corrected chi connectivity index (χ4v) is 5.13. The molecule has 1 amide bonds. The molecule has 6 heteroatoms. The number of halogens is 2. The van der Waals surface area contributed by atoms with Crippen LogP contribution in [-0.2, 0) is 0 Å². The van der Waals surface area contributed by atoms with Crippen molar-refractivity contribution >= 4 is 17.5 Å². The van der Waals surface area contributed by atoms with E-state index in [4.69, 9.17) is 11.6 Å².